The van der Waals surface area contributed by atoms with Gasteiger partial charge in [-0.1, -0.05) is 19.1 Å². The molecule has 1 aromatic rings. The molecule has 1 aromatic carbocycles. The van der Waals surface area contributed by atoms with Crippen molar-refractivity contribution in [3.8, 4) is 0 Å². The zero-order valence-electron chi connectivity index (χ0n) is 11.8. The molecule has 0 spiro atoms. The summed E-state index contributed by atoms with van der Waals surface area (Å²) in [6.07, 6.45) is 0.682. The Hall–Kier alpha value is -0.630. The van der Waals surface area contributed by atoms with Crippen LogP contribution in [0.1, 0.15) is 40.2 Å². The lowest BCUT2D eigenvalue weighted by Gasteiger charge is -2.23. The number of benzene rings is 1. The highest BCUT2D eigenvalue weighted by Crippen LogP contribution is 2.49. The Morgan fingerprint density at radius 1 is 1.00 bits per heavy atom. The van der Waals surface area contributed by atoms with E-state index in [9.17, 15) is 4.57 Å². The topological polar surface area (TPSA) is 35.5 Å². The predicted octanol–water partition coefficient (Wildman–Crippen LogP) is 3.92. The second kappa shape index (κ2) is 6.51. The molecule has 0 saturated heterocycles. The Morgan fingerprint density at radius 2 is 1.44 bits per heavy atom. The van der Waals surface area contributed by atoms with Crippen molar-refractivity contribution >= 4 is 12.9 Å². The van der Waals surface area contributed by atoms with Crippen LogP contribution in [0.3, 0.4) is 0 Å². The van der Waals surface area contributed by atoms with Gasteiger partial charge in [-0.15, -0.1) is 0 Å². The fourth-order valence-corrected chi connectivity index (χ4v) is 3.53. The van der Waals surface area contributed by atoms with Crippen molar-refractivity contribution in [3.63, 3.8) is 0 Å². The van der Waals surface area contributed by atoms with E-state index in [1.807, 2.05) is 52.0 Å². The van der Waals surface area contributed by atoms with Gasteiger partial charge in [0.25, 0.3) is 0 Å². The Morgan fingerprint density at radius 3 is 1.78 bits per heavy atom. The Labute approximate surface area is 110 Å². The monoisotopic (exact) mass is 270 g/mol. The third-order valence-corrected chi connectivity index (χ3v) is 4.69. The van der Waals surface area contributed by atoms with Crippen LogP contribution in [0.4, 0.5) is 0 Å². The first-order valence-electron chi connectivity index (χ1n) is 6.43. The van der Waals surface area contributed by atoms with Gasteiger partial charge in [-0.25, -0.2) is 0 Å². The zero-order valence-corrected chi connectivity index (χ0v) is 12.7. The minimum Gasteiger partial charge on any atom is -0.302 e. The molecule has 0 bridgehead atoms. The van der Waals surface area contributed by atoms with Crippen molar-refractivity contribution in [1.29, 1.82) is 0 Å². The van der Waals surface area contributed by atoms with E-state index in [0.29, 0.717) is 5.30 Å². The molecule has 0 radical (unpaired) electrons. The van der Waals surface area contributed by atoms with Gasteiger partial charge in [-0.05, 0) is 51.8 Å². The maximum absolute atomic E-state index is 12.8. The zero-order chi connectivity index (χ0) is 13.8. The van der Waals surface area contributed by atoms with E-state index in [2.05, 4.69) is 6.92 Å². The SMILES string of the molecule is CCc1ccc(P(=O)(OC(C)C)OC(C)C)cc1. The minimum atomic E-state index is -3.21. The molecule has 0 aliphatic rings. The molecule has 0 aromatic heterocycles. The normalized spacial score (nSPS) is 12.4. The van der Waals surface area contributed by atoms with Gasteiger partial charge in [0, 0.05) is 0 Å². The minimum absolute atomic E-state index is 0.138. The van der Waals surface area contributed by atoms with E-state index >= 15 is 0 Å². The standard InChI is InChI=1S/C14H23O3P/c1-6-13-7-9-14(10-8-13)18(15,16-11(2)3)17-12(4)5/h7-12H,6H2,1-5H3. The van der Waals surface area contributed by atoms with Crippen LogP contribution >= 0.6 is 7.60 Å². The molecule has 0 heterocycles. The number of rotatable bonds is 6. The van der Waals surface area contributed by atoms with E-state index in [4.69, 9.17) is 9.05 Å². The number of aryl methyl sites for hydroxylation is 1. The molecule has 0 saturated carbocycles. The van der Waals surface area contributed by atoms with Crippen molar-refractivity contribution in [1.82, 2.24) is 0 Å². The maximum atomic E-state index is 12.8. The smallest absolute Gasteiger partial charge is 0.302 e. The van der Waals surface area contributed by atoms with Crippen LogP contribution < -0.4 is 5.30 Å². The second-order valence-electron chi connectivity index (χ2n) is 4.83. The molecule has 102 valence electrons. The quantitative estimate of drug-likeness (QED) is 0.735. The number of hydrogen-bond acceptors (Lipinski definition) is 3. The summed E-state index contributed by atoms with van der Waals surface area (Å²) in [7, 11) is -3.21. The van der Waals surface area contributed by atoms with Crippen molar-refractivity contribution in [3.05, 3.63) is 29.8 Å². The molecule has 0 aliphatic carbocycles. The summed E-state index contributed by atoms with van der Waals surface area (Å²) in [5.74, 6) is 0. The molecule has 0 amide bonds. The van der Waals surface area contributed by atoms with Gasteiger partial charge in [0.15, 0.2) is 0 Å². The van der Waals surface area contributed by atoms with Crippen LogP contribution in [0.25, 0.3) is 0 Å². The van der Waals surface area contributed by atoms with Crippen LogP contribution in [-0.2, 0) is 20.0 Å². The van der Waals surface area contributed by atoms with Crippen LogP contribution in [0.2, 0.25) is 0 Å². The molecule has 0 fully saturated rings. The third-order valence-electron chi connectivity index (χ3n) is 2.36. The van der Waals surface area contributed by atoms with Gasteiger partial charge < -0.3 is 9.05 Å². The molecular formula is C14H23O3P. The lowest BCUT2D eigenvalue weighted by atomic mass is 10.2. The fraction of sp³-hybridized carbons (Fsp3) is 0.571. The van der Waals surface area contributed by atoms with E-state index in [-0.39, 0.29) is 12.2 Å². The maximum Gasteiger partial charge on any atom is 0.361 e. The van der Waals surface area contributed by atoms with Gasteiger partial charge in [-0.3, -0.25) is 4.57 Å². The third kappa shape index (κ3) is 4.24. The summed E-state index contributed by atoms with van der Waals surface area (Å²) in [6.45, 7) is 9.52. The van der Waals surface area contributed by atoms with Gasteiger partial charge in [0.2, 0.25) is 0 Å². The Kier molecular flexibility index (Phi) is 5.58. The number of hydrogen-bond donors (Lipinski definition) is 0. The predicted molar refractivity (Wildman–Crippen MR) is 75.5 cm³/mol. The summed E-state index contributed by atoms with van der Waals surface area (Å²) < 4.78 is 23.9. The largest absolute Gasteiger partial charge is 0.361 e. The highest BCUT2D eigenvalue weighted by Gasteiger charge is 2.30. The van der Waals surface area contributed by atoms with E-state index in [1.165, 1.54) is 5.56 Å². The Bertz CT molecular complexity index is 396. The van der Waals surface area contributed by atoms with Gasteiger partial charge >= 0.3 is 7.60 Å². The lowest BCUT2D eigenvalue weighted by molar-refractivity contribution is 0.150. The molecule has 0 N–H and O–H groups in total. The molecular weight excluding hydrogens is 247 g/mol. The molecule has 4 heteroatoms. The van der Waals surface area contributed by atoms with Crippen LogP contribution in [0, 0.1) is 0 Å². The van der Waals surface area contributed by atoms with E-state index in [1.54, 1.807) is 0 Å². The Balaban J connectivity index is 3.04. The van der Waals surface area contributed by atoms with Crippen molar-refractivity contribution in [2.24, 2.45) is 0 Å². The molecule has 0 atom stereocenters. The second-order valence-corrected chi connectivity index (χ2v) is 6.76. The summed E-state index contributed by atoms with van der Waals surface area (Å²) in [5, 5.41) is 0.627. The van der Waals surface area contributed by atoms with Crippen molar-refractivity contribution in [2.75, 3.05) is 0 Å². The van der Waals surface area contributed by atoms with Crippen molar-refractivity contribution in [2.45, 2.75) is 53.2 Å². The highest BCUT2D eigenvalue weighted by atomic mass is 31.2. The van der Waals surface area contributed by atoms with Gasteiger partial charge in [0.1, 0.15) is 0 Å². The van der Waals surface area contributed by atoms with E-state index < -0.39 is 7.60 Å². The summed E-state index contributed by atoms with van der Waals surface area (Å²) >= 11 is 0. The molecule has 3 nitrogen and oxygen atoms in total. The molecule has 1 rings (SSSR count). The van der Waals surface area contributed by atoms with E-state index in [0.717, 1.165) is 6.42 Å². The average Bonchev–Trinajstić information content (AvgIpc) is 2.27. The van der Waals surface area contributed by atoms with Crippen LogP contribution in [0.5, 0.6) is 0 Å². The highest BCUT2D eigenvalue weighted by molar-refractivity contribution is 7.62. The first kappa shape index (κ1) is 15.4. The first-order valence-corrected chi connectivity index (χ1v) is 7.98. The molecule has 0 unspecified atom stereocenters. The lowest BCUT2D eigenvalue weighted by Crippen LogP contribution is -2.16. The summed E-state index contributed by atoms with van der Waals surface area (Å²) in [6, 6.07) is 7.61. The van der Waals surface area contributed by atoms with Crippen LogP contribution in [-0.4, -0.2) is 12.2 Å². The van der Waals surface area contributed by atoms with Gasteiger partial charge in [0.05, 0.1) is 17.5 Å². The summed E-state index contributed by atoms with van der Waals surface area (Å²) in [5.41, 5.74) is 1.21. The fourth-order valence-electron chi connectivity index (χ4n) is 1.62. The van der Waals surface area contributed by atoms with Crippen LogP contribution in [0.15, 0.2) is 24.3 Å². The van der Waals surface area contributed by atoms with Crippen molar-refractivity contribution < 1.29 is 13.6 Å². The van der Waals surface area contributed by atoms with Gasteiger partial charge in [-0.2, -0.15) is 0 Å². The summed E-state index contributed by atoms with van der Waals surface area (Å²) in [4.78, 5) is 0. The first-order chi connectivity index (χ1) is 8.37. The average molecular weight is 270 g/mol. The molecule has 18 heavy (non-hydrogen) atoms. The molecule has 0 aliphatic heterocycles.